The van der Waals surface area contributed by atoms with Crippen LogP contribution >= 0.6 is 0 Å². The lowest BCUT2D eigenvalue weighted by Crippen LogP contribution is -2.40. The van der Waals surface area contributed by atoms with E-state index in [4.69, 9.17) is 4.98 Å². The summed E-state index contributed by atoms with van der Waals surface area (Å²) < 4.78 is 0. The zero-order chi connectivity index (χ0) is 20.7. The summed E-state index contributed by atoms with van der Waals surface area (Å²) in [6.07, 6.45) is 1.91. The smallest absolute Gasteiger partial charge is 0.237 e. The lowest BCUT2D eigenvalue weighted by Gasteiger charge is -2.32. The second-order valence-electron chi connectivity index (χ2n) is 8.84. The molecule has 2 aromatic rings. The highest BCUT2D eigenvalue weighted by Gasteiger charge is 2.49. The Hall–Kier alpha value is -2.47. The molecule has 0 aliphatic carbocycles. The van der Waals surface area contributed by atoms with E-state index < -0.39 is 0 Å². The highest BCUT2D eigenvalue weighted by molar-refractivity contribution is 5.79. The van der Waals surface area contributed by atoms with Gasteiger partial charge in [0.15, 0.2) is 0 Å². The fourth-order valence-corrected chi connectivity index (χ4v) is 4.99. The average molecular weight is 394 g/mol. The van der Waals surface area contributed by atoms with Gasteiger partial charge in [-0.25, -0.2) is 9.97 Å². The number of amides is 1. The van der Waals surface area contributed by atoms with Crippen molar-refractivity contribution < 1.29 is 4.79 Å². The molecule has 0 saturated carbocycles. The van der Waals surface area contributed by atoms with E-state index in [0.29, 0.717) is 18.4 Å². The number of likely N-dealkylation sites (tertiary alicyclic amines) is 1. The predicted molar refractivity (Wildman–Crippen MR) is 115 cm³/mol. The van der Waals surface area contributed by atoms with Gasteiger partial charge in [0.05, 0.1) is 12.6 Å². The standard InChI is InChI=1S/C23H31N5O/c1-15-8-6-7-9-19(15)22-20-13-27(23-16(2)10-24-17(3)25-23)11-18(20)12-28(22)21(29)14-26(4)5/h6-10,18,20,22H,11-14H2,1-5H3/t18-,20-,22+/m1/s1. The molecule has 0 spiro atoms. The maximum Gasteiger partial charge on any atom is 0.237 e. The van der Waals surface area contributed by atoms with E-state index in [-0.39, 0.29) is 11.9 Å². The van der Waals surface area contributed by atoms with Gasteiger partial charge in [-0.05, 0) is 46.0 Å². The molecule has 6 heteroatoms. The van der Waals surface area contributed by atoms with Crippen LogP contribution < -0.4 is 4.90 Å². The van der Waals surface area contributed by atoms with Crippen LogP contribution in [0.15, 0.2) is 30.5 Å². The van der Waals surface area contributed by atoms with Crippen molar-refractivity contribution in [3.05, 3.63) is 53.0 Å². The quantitative estimate of drug-likeness (QED) is 0.799. The van der Waals surface area contributed by atoms with Crippen molar-refractivity contribution in [1.82, 2.24) is 19.8 Å². The molecule has 2 aliphatic heterocycles. The molecule has 0 N–H and O–H groups in total. The molecule has 0 bridgehead atoms. The summed E-state index contributed by atoms with van der Waals surface area (Å²) in [4.78, 5) is 28.6. The second-order valence-corrected chi connectivity index (χ2v) is 8.84. The van der Waals surface area contributed by atoms with Crippen molar-refractivity contribution in [1.29, 1.82) is 0 Å². The van der Waals surface area contributed by atoms with E-state index in [2.05, 4.69) is 52.9 Å². The summed E-state index contributed by atoms with van der Waals surface area (Å²) in [5, 5.41) is 0. The van der Waals surface area contributed by atoms with Crippen LogP contribution in [0.25, 0.3) is 0 Å². The summed E-state index contributed by atoms with van der Waals surface area (Å²) in [6, 6.07) is 8.64. The van der Waals surface area contributed by atoms with E-state index in [1.54, 1.807) is 0 Å². The van der Waals surface area contributed by atoms with Gasteiger partial charge in [0.1, 0.15) is 11.6 Å². The van der Waals surface area contributed by atoms with Gasteiger partial charge in [-0.15, -0.1) is 0 Å². The number of benzene rings is 1. The van der Waals surface area contributed by atoms with Crippen LogP contribution in [-0.4, -0.2) is 65.9 Å². The molecule has 6 nitrogen and oxygen atoms in total. The number of carbonyl (C=O) groups is 1. The van der Waals surface area contributed by atoms with E-state index in [1.807, 2.05) is 32.1 Å². The van der Waals surface area contributed by atoms with Crippen LogP contribution in [0.3, 0.4) is 0 Å². The van der Waals surface area contributed by atoms with Crippen LogP contribution in [0.4, 0.5) is 5.82 Å². The molecule has 2 saturated heterocycles. The lowest BCUT2D eigenvalue weighted by atomic mass is 9.87. The molecule has 29 heavy (non-hydrogen) atoms. The summed E-state index contributed by atoms with van der Waals surface area (Å²) in [7, 11) is 3.92. The van der Waals surface area contributed by atoms with E-state index in [0.717, 1.165) is 36.8 Å². The number of anilines is 1. The Morgan fingerprint density at radius 2 is 1.86 bits per heavy atom. The first kappa shape index (κ1) is 19.8. The number of rotatable bonds is 4. The van der Waals surface area contributed by atoms with Gasteiger partial charge in [-0.3, -0.25) is 4.79 Å². The molecular weight excluding hydrogens is 362 g/mol. The fraction of sp³-hybridized carbons (Fsp3) is 0.522. The van der Waals surface area contributed by atoms with Crippen molar-refractivity contribution >= 4 is 11.7 Å². The van der Waals surface area contributed by atoms with E-state index >= 15 is 0 Å². The first-order chi connectivity index (χ1) is 13.8. The topological polar surface area (TPSA) is 52.6 Å². The largest absolute Gasteiger partial charge is 0.356 e. The summed E-state index contributed by atoms with van der Waals surface area (Å²) in [6.45, 7) is 9.31. The van der Waals surface area contributed by atoms with Crippen molar-refractivity contribution in [2.45, 2.75) is 26.8 Å². The average Bonchev–Trinajstić information content (AvgIpc) is 3.22. The third-order valence-electron chi connectivity index (χ3n) is 6.31. The Morgan fingerprint density at radius 1 is 1.10 bits per heavy atom. The number of aryl methyl sites for hydroxylation is 3. The third-order valence-corrected chi connectivity index (χ3v) is 6.31. The van der Waals surface area contributed by atoms with Gasteiger partial charge < -0.3 is 14.7 Å². The molecule has 154 valence electrons. The summed E-state index contributed by atoms with van der Waals surface area (Å²) in [5.41, 5.74) is 3.65. The first-order valence-electron chi connectivity index (χ1n) is 10.4. The SMILES string of the molecule is Cc1ncc(C)c(N2C[C@@H]3CN(C(=O)CN(C)C)[C@@H](c4ccccc4C)[C@@H]3C2)n1. The van der Waals surface area contributed by atoms with Crippen molar-refractivity contribution in [2.24, 2.45) is 11.8 Å². The minimum atomic E-state index is 0.127. The molecule has 1 aromatic carbocycles. The fourth-order valence-electron chi connectivity index (χ4n) is 4.99. The van der Waals surface area contributed by atoms with Gasteiger partial charge in [0, 0.05) is 43.2 Å². The van der Waals surface area contributed by atoms with Crippen molar-refractivity contribution in [3.8, 4) is 0 Å². The molecular formula is C23H31N5O. The van der Waals surface area contributed by atoms with Crippen molar-refractivity contribution in [2.75, 3.05) is 45.2 Å². The maximum atomic E-state index is 13.1. The monoisotopic (exact) mass is 393 g/mol. The Labute approximate surface area is 173 Å². The zero-order valence-corrected chi connectivity index (χ0v) is 18.1. The third kappa shape index (κ3) is 3.73. The van der Waals surface area contributed by atoms with Gasteiger partial charge >= 0.3 is 0 Å². The number of hydrogen-bond donors (Lipinski definition) is 0. The number of nitrogens with zero attached hydrogens (tertiary/aromatic N) is 5. The van der Waals surface area contributed by atoms with Crippen LogP contribution in [0.1, 0.15) is 28.6 Å². The Bertz CT molecular complexity index is 912. The van der Waals surface area contributed by atoms with Crippen LogP contribution in [-0.2, 0) is 4.79 Å². The summed E-state index contributed by atoms with van der Waals surface area (Å²) >= 11 is 0. The van der Waals surface area contributed by atoms with Crippen LogP contribution in [0, 0.1) is 32.6 Å². The number of fused-ring (bicyclic) bond motifs is 1. The molecule has 2 fully saturated rings. The Morgan fingerprint density at radius 3 is 2.59 bits per heavy atom. The van der Waals surface area contributed by atoms with Gasteiger partial charge in [0.2, 0.25) is 5.91 Å². The van der Waals surface area contributed by atoms with Crippen LogP contribution in [0.2, 0.25) is 0 Å². The molecule has 1 amide bonds. The Kier molecular flexibility index (Phi) is 5.30. The highest BCUT2D eigenvalue weighted by Crippen LogP contribution is 2.46. The highest BCUT2D eigenvalue weighted by atomic mass is 16.2. The van der Waals surface area contributed by atoms with Crippen LogP contribution in [0.5, 0.6) is 0 Å². The van der Waals surface area contributed by atoms with Gasteiger partial charge in [-0.1, -0.05) is 24.3 Å². The van der Waals surface area contributed by atoms with Crippen molar-refractivity contribution in [3.63, 3.8) is 0 Å². The first-order valence-corrected chi connectivity index (χ1v) is 10.4. The molecule has 0 unspecified atom stereocenters. The minimum absolute atomic E-state index is 0.127. The van der Waals surface area contributed by atoms with Gasteiger partial charge in [0.25, 0.3) is 0 Å². The lowest BCUT2D eigenvalue weighted by molar-refractivity contribution is -0.133. The van der Waals surface area contributed by atoms with E-state index in [1.165, 1.54) is 11.1 Å². The van der Waals surface area contributed by atoms with Gasteiger partial charge in [-0.2, -0.15) is 0 Å². The molecule has 3 atom stereocenters. The number of likely N-dealkylation sites (N-methyl/N-ethyl adjacent to an activating group) is 1. The summed E-state index contributed by atoms with van der Waals surface area (Å²) in [5.74, 6) is 2.94. The zero-order valence-electron chi connectivity index (χ0n) is 18.1. The number of carbonyl (C=O) groups excluding carboxylic acids is 1. The molecule has 0 radical (unpaired) electrons. The second kappa shape index (κ2) is 7.75. The van der Waals surface area contributed by atoms with E-state index in [9.17, 15) is 4.79 Å². The normalized spacial score (nSPS) is 23.7. The number of hydrogen-bond acceptors (Lipinski definition) is 5. The molecule has 1 aromatic heterocycles. The maximum absolute atomic E-state index is 13.1. The predicted octanol–water partition coefficient (Wildman–Crippen LogP) is 2.60. The molecule has 4 rings (SSSR count). The minimum Gasteiger partial charge on any atom is -0.356 e. The molecule has 3 heterocycles. The molecule has 2 aliphatic rings. The Balaban J connectivity index is 1.66. The number of aromatic nitrogens is 2.